The molecule has 188 valence electrons. The van der Waals surface area contributed by atoms with E-state index in [9.17, 15) is 19.8 Å². The van der Waals surface area contributed by atoms with Gasteiger partial charge in [0.1, 0.15) is 12.7 Å². The molecule has 6 heteroatoms. The molecule has 33 heavy (non-hydrogen) atoms. The van der Waals surface area contributed by atoms with Gasteiger partial charge in [0.05, 0.1) is 11.7 Å². The second kappa shape index (κ2) is 9.69. The highest BCUT2D eigenvalue weighted by Gasteiger charge is 2.69. The van der Waals surface area contributed by atoms with Gasteiger partial charge in [0.25, 0.3) is 0 Å². The molecule has 2 saturated carbocycles. The van der Waals surface area contributed by atoms with E-state index in [2.05, 4.69) is 27.7 Å². The third-order valence-corrected chi connectivity index (χ3v) is 8.87. The van der Waals surface area contributed by atoms with Crippen LogP contribution in [-0.4, -0.2) is 46.6 Å². The fourth-order valence-electron chi connectivity index (χ4n) is 7.42. The first kappa shape index (κ1) is 26.2. The van der Waals surface area contributed by atoms with E-state index in [0.717, 1.165) is 24.8 Å². The fourth-order valence-corrected chi connectivity index (χ4v) is 7.42. The van der Waals surface area contributed by atoms with Crippen LogP contribution in [0.2, 0.25) is 0 Å². The van der Waals surface area contributed by atoms with E-state index in [1.54, 1.807) is 0 Å². The summed E-state index contributed by atoms with van der Waals surface area (Å²) in [6, 6.07) is 0. The minimum atomic E-state index is -1.14. The number of aliphatic hydroxyl groups excluding tert-OH is 1. The average Bonchev–Trinajstić information content (AvgIpc) is 3.12. The smallest absolute Gasteiger partial charge is 0.331 e. The Kier molecular flexibility index (Phi) is 7.70. The van der Waals surface area contributed by atoms with Crippen LogP contribution in [0.3, 0.4) is 0 Å². The number of fused-ring (bicyclic) bond motifs is 1. The maximum atomic E-state index is 12.6. The van der Waals surface area contributed by atoms with Crippen LogP contribution in [-0.2, 0) is 19.1 Å². The molecule has 2 fully saturated rings. The van der Waals surface area contributed by atoms with Crippen molar-refractivity contribution < 1.29 is 29.3 Å². The fraction of sp³-hybridized carbons (Fsp3) is 0.852. The highest BCUT2D eigenvalue weighted by molar-refractivity contribution is 5.85. The van der Waals surface area contributed by atoms with E-state index in [1.807, 2.05) is 6.92 Å². The third-order valence-electron chi connectivity index (χ3n) is 8.87. The lowest BCUT2D eigenvalue weighted by Gasteiger charge is -2.67. The lowest BCUT2D eigenvalue weighted by atomic mass is 9.40. The molecule has 0 aromatic rings. The number of hydrogen-bond donors (Lipinski definition) is 2. The van der Waals surface area contributed by atoms with E-state index < -0.39 is 17.1 Å². The summed E-state index contributed by atoms with van der Waals surface area (Å²) in [4.78, 5) is 23.7. The average molecular weight is 465 g/mol. The Morgan fingerprint density at radius 1 is 1.30 bits per heavy atom. The van der Waals surface area contributed by atoms with Gasteiger partial charge in [-0.3, -0.25) is 4.79 Å². The Morgan fingerprint density at radius 3 is 2.58 bits per heavy atom. The van der Waals surface area contributed by atoms with Gasteiger partial charge in [-0.05, 0) is 61.3 Å². The van der Waals surface area contributed by atoms with Crippen molar-refractivity contribution >= 4 is 11.9 Å². The summed E-state index contributed by atoms with van der Waals surface area (Å²) in [5.41, 5.74) is -1.24. The topological polar surface area (TPSA) is 93.1 Å². The molecule has 3 rings (SSSR count). The maximum absolute atomic E-state index is 12.6. The van der Waals surface area contributed by atoms with Gasteiger partial charge in [-0.15, -0.1) is 0 Å². The van der Waals surface area contributed by atoms with Gasteiger partial charge >= 0.3 is 11.9 Å². The Hall–Kier alpha value is -1.40. The molecule has 0 radical (unpaired) electrons. The minimum absolute atomic E-state index is 0.151. The molecule has 0 amide bonds. The minimum Gasteiger partial charge on any atom is -0.462 e. The monoisotopic (exact) mass is 464 g/mol. The van der Waals surface area contributed by atoms with Gasteiger partial charge in [-0.25, -0.2) is 4.79 Å². The van der Waals surface area contributed by atoms with Crippen molar-refractivity contribution in [3.05, 3.63) is 11.6 Å². The molecule has 0 saturated heterocycles. The van der Waals surface area contributed by atoms with Crippen LogP contribution in [0.4, 0.5) is 0 Å². The van der Waals surface area contributed by atoms with Crippen LogP contribution in [0.1, 0.15) is 92.9 Å². The van der Waals surface area contributed by atoms with Gasteiger partial charge < -0.3 is 19.7 Å². The molecule has 0 spiro atoms. The van der Waals surface area contributed by atoms with Gasteiger partial charge in [0.2, 0.25) is 0 Å². The summed E-state index contributed by atoms with van der Waals surface area (Å²) in [5, 5.41) is 24.3. The van der Waals surface area contributed by atoms with Crippen LogP contribution in [0.25, 0.3) is 0 Å². The standard InChI is InChI=1S/C27H44O6/c1-17(2)8-7-11-26-22(29)10-12-25(5,6)24(26)21(33-19(4)28)14-18(3)27(26,31)13-9-20-15-23(30)32-16-20/h15,17-18,21-22,24,29,31H,7-14,16H2,1-6H3/t18-,21-,22-,24+,26+,27-/m1/s1. The van der Waals surface area contributed by atoms with Crippen LogP contribution in [0.15, 0.2) is 11.6 Å². The number of hydrogen-bond acceptors (Lipinski definition) is 6. The third kappa shape index (κ3) is 4.88. The summed E-state index contributed by atoms with van der Waals surface area (Å²) in [5.74, 6) is -0.428. The van der Waals surface area contributed by atoms with Crippen LogP contribution in [0, 0.1) is 28.6 Å². The number of esters is 2. The van der Waals surface area contributed by atoms with Crippen molar-refractivity contribution in [2.75, 3.05) is 6.61 Å². The normalized spacial score (nSPS) is 38.0. The predicted molar refractivity (Wildman–Crippen MR) is 126 cm³/mol. The summed E-state index contributed by atoms with van der Waals surface area (Å²) in [6.45, 7) is 12.5. The second-order valence-corrected chi connectivity index (χ2v) is 12.0. The summed E-state index contributed by atoms with van der Waals surface area (Å²) >= 11 is 0. The van der Waals surface area contributed by atoms with Crippen molar-refractivity contribution in [2.24, 2.45) is 28.6 Å². The maximum Gasteiger partial charge on any atom is 0.331 e. The van der Waals surface area contributed by atoms with Crippen LogP contribution < -0.4 is 0 Å². The number of rotatable bonds is 8. The zero-order valence-electron chi connectivity index (χ0n) is 21.4. The number of carbonyl (C=O) groups is 2. The van der Waals surface area contributed by atoms with Crippen molar-refractivity contribution in [3.8, 4) is 0 Å². The van der Waals surface area contributed by atoms with E-state index >= 15 is 0 Å². The lowest BCUT2D eigenvalue weighted by molar-refractivity contribution is -0.291. The van der Waals surface area contributed by atoms with Crippen molar-refractivity contribution in [2.45, 2.75) is 111 Å². The Bertz CT molecular complexity index is 771. The van der Waals surface area contributed by atoms with E-state index in [-0.39, 0.29) is 41.9 Å². The molecular formula is C27H44O6. The Balaban J connectivity index is 2.07. The molecule has 3 aliphatic rings. The number of cyclic esters (lactones) is 1. The molecule has 1 aliphatic heterocycles. The summed E-state index contributed by atoms with van der Waals surface area (Å²) in [6.07, 6.45) is 6.13. The SMILES string of the molecule is CC(=O)O[C@@H]1C[C@@H](C)[C@](O)(CCC2=CC(=O)OC2)[C@@]2(CCCC(C)C)[C@H](O)CCC(C)(C)[C@H]12. The van der Waals surface area contributed by atoms with E-state index in [0.29, 0.717) is 38.0 Å². The Labute approximate surface area is 199 Å². The zero-order chi connectivity index (χ0) is 24.6. The summed E-state index contributed by atoms with van der Waals surface area (Å²) < 4.78 is 11.0. The van der Waals surface area contributed by atoms with Crippen LogP contribution >= 0.6 is 0 Å². The van der Waals surface area contributed by atoms with E-state index in [1.165, 1.54) is 13.0 Å². The van der Waals surface area contributed by atoms with Crippen LogP contribution in [0.5, 0.6) is 0 Å². The van der Waals surface area contributed by atoms with Gasteiger partial charge in [-0.2, -0.15) is 0 Å². The zero-order valence-corrected chi connectivity index (χ0v) is 21.4. The van der Waals surface area contributed by atoms with Gasteiger partial charge in [0, 0.05) is 24.3 Å². The second-order valence-electron chi connectivity index (χ2n) is 12.0. The summed E-state index contributed by atoms with van der Waals surface area (Å²) in [7, 11) is 0. The molecule has 1 heterocycles. The molecule has 6 nitrogen and oxygen atoms in total. The molecule has 2 N–H and O–H groups in total. The highest BCUT2D eigenvalue weighted by atomic mass is 16.5. The van der Waals surface area contributed by atoms with Gasteiger partial charge in [0.15, 0.2) is 0 Å². The molecule has 0 aromatic carbocycles. The predicted octanol–water partition coefficient (Wildman–Crippen LogP) is 4.56. The van der Waals surface area contributed by atoms with Gasteiger partial charge in [-0.1, -0.05) is 47.5 Å². The molecule has 2 aliphatic carbocycles. The lowest BCUT2D eigenvalue weighted by Crippen LogP contribution is -2.72. The van der Waals surface area contributed by atoms with E-state index in [4.69, 9.17) is 9.47 Å². The Morgan fingerprint density at radius 2 is 2.00 bits per heavy atom. The first-order chi connectivity index (χ1) is 15.3. The van der Waals surface area contributed by atoms with Crippen molar-refractivity contribution in [1.29, 1.82) is 0 Å². The molecule has 0 bridgehead atoms. The number of aliphatic hydroxyl groups is 2. The number of ether oxygens (including phenoxy) is 2. The number of carbonyl (C=O) groups excluding carboxylic acids is 2. The molecular weight excluding hydrogens is 420 g/mol. The molecule has 0 unspecified atom stereocenters. The largest absolute Gasteiger partial charge is 0.462 e. The first-order valence-corrected chi connectivity index (χ1v) is 12.8. The first-order valence-electron chi connectivity index (χ1n) is 12.8. The van der Waals surface area contributed by atoms with Crippen molar-refractivity contribution in [1.82, 2.24) is 0 Å². The van der Waals surface area contributed by atoms with Crippen molar-refractivity contribution in [3.63, 3.8) is 0 Å². The quantitative estimate of drug-likeness (QED) is 0.512. The molecule has 0 aromatic heterocycles. The molecule has 6 atom stereocenters. The highest BCUT2D eigenvalue weighted by Crippen LogP contribution is 2.66.